The molecule has 1 aromatic rings. The summed E-state index contributed by atoms with van der Waals surface area (Å²) in [5, 5.41) is 11.8. The van der Waals surface area contributed by atoms with Crippen LogP contribution in [0.2, 0.25) is 0 Å². The van der Waals surface area contributed by atoms with Crippen molar-refractivity contribution in [1.29, 1.82) is 0 Å². The number of amides is 1. The smallest absolute Gasteiger partial charge is 0.335 e. The van der Waals surface area contributed by atoms with Crippen LogP contribution in [0.1, 0.15) is 36.7 Å². The molecule has 0 aliphatic rings. The van der Waals surface area contributed by atoms with Gasteiger partial charge in [-0.05, 0) is 29.2 Å². The molecule has 1 rings (SSSR count). The number of carbonyl (C=O) groups is 2. The Balaban J connectivity index is 3.16. The minimum atomic E-state index is -3.61. The second kappa shape index (κ2) is 7.94. The van der Waals surface area contributed by atoms with Gasteiger partial charge in [0.15, 0.2) is 0 Å². The molecule has 1 aromatic carbocycles. The number of sulfonamides is 1. The first-order chi connectivity index (χ1) is 11.3. The van der Waals surface area contributed by atoms with E-state index in [1.165, 1.54) is 19.2 Å². The molecule has 0 aromatic heterocycles. The van der Waals surface area contributed by atoms with E-state index in [4.69, 9.17) is 4.74 Å². The molecular formula is C16H24N2O6S. The molecule has 0 aliphatic heterocycles. The van der Waals surface area contributed by atoms with Gasteiger partial charge in [-0.2, -0.15) is 0 Å². The highest BCUT2D eigenvalue weighted by atomic mass is 32.2. The fourth-order valence-corrected chi connectivity index (χ4v) is 3.08. The molecule has 0 spiro atoms. The molecule has 0 heterocycles. The largest absolute Gasteiger partial charge is 0.478 e. The van der Waals surface area contributed by atoms with Crippen molar-refractivity contribution in [3.8, 4) is 0 Å². The average molecular weight is 372 g/mol. The number of hydrogen-bond acceptors (Lipinski definition) is 5. The Morgan fingerprint density at radius 1 is 1.24 bits per heavy atom. The quantitative estimate of drug-likeness (QED) is 0.666. The van der Waals surface area contributed by atoms with E-state index < -0.39 is 33.4 Å². The number of carboxylic acids is 1. The number of carbonyl (C=O) groups excluding carboxylic acids is 1. The van der Waals surface area contributed by atoms with Crippen LogP contribution in [0, 0.1) is 5.41 Å². The maximum absolute atomic E-state index is 12.6. The number of hydrogen-bond donors (Lipinski definition) is 3. The van der Waals surface area contributed by atoms with Crippen LogP contribution < -0.4 is 10.0 Å². The Hall–Kier alpha value is -1.97. The van der Waals surface area contributed by atoms with Gasteiger partial charge in [-0.3, -0.25) is 4.79 Å². The third-order valence-electron chi connectivity index (χ3n) is 3.28. The van der Waals surface area contributed by atoms with Crippen molar-refractivity contribution in [2.45, 2.75) is 33.4 Å². The Morgan fingerprint density at radius 2 is 1.84 bits per heavy atom. The first-order valence-electron chi connectivity index (χ1n) is 7.48. The molecule has 8 nitrogen and oxygen atoms in total. The molecule has 1 amide bonds. The lowest BCUT2D eigenvalue weighted by atomic mass is 9.87. The zero-order chi connectivity index (χ0) is 19.4. The molecule has 140 valence electrons. The van der Waals surface area contributed by atoms with E-state index in [1.54, 1.807) is 26.8 Å². The molecule has 0 saturated carbocycles. The number of anilines is 1. The van der Waals surface area contributed by atoms with Gasteiger partial charge in [0.05, 0.1) is 18.4 Å². The predicted molar refractivity (Wildman–Crippen MR) is 94.0 cm³/mol. The second-order valence-electron chi connectivity index (χ2n) is 6.84. The van der Waals surface area contributed by atoms with Gasteiger partial charge < -0.3 is 15.2 Å². The molecule has 0 fully saturated rings. The normalized spacial score (nSPS) is 13.3. The van der Waals surface area contributed by atoms with E-state index in [-0.39, 0.29) is 17.9 Å². The zero-order valence-corrected chi connectivity index (χ0v) is 15.7. The molecule has 0 bridgehead atoms. The van der Waals surface area contributed by atoms with Crippen LogP contribution >= 0.6 is 0 Å². The van der Waals surface area contributed by atoms with Crippen molar-refractivity contribution >= 4 is 27.6 Å². The summed E-state index contributed by atoms with van der Waals surface area (Å²) in [6, 6.07) is 3.30. The van der Waals surface area contributed by atoms with Crippen LogP contribution in [0.15, 0.2) is 18.2 Å². The molecule has 0 aliphatic carbocycles. The molecule has 0 saturated heterocycles. The van der Waals surface area contributed by atoms with Crippen molar-refractivity contribution in [3.05, 3.63) is 29.3 Å². The van der Waals surface area contributed by atoms with Crippen molar-refractivity contribution in [3.63, 3.8) is 0 Å². The van der Waals surface area contributed by atoms with Gasteiger partial charge in [-0.15, -0.1) is 0 Å². The number of carboxylic acid groups (broad SMARTS) is 1. The number of nitrogens with one attached hydrogen (secondary N) is 2. The van der Waals surface area contributed by atoms with E-state index in [2.05, 4.69) is 10.0 Å². The summed E-state index contributed by atoms with van der Waals surface area (Å²) in [7, 11) is -2.14. The maximum Gasteiger partial charge on any atom is 0.335 e. The summed E-state index contributed by atoms with van der Waals surface area (Å²) in [6.45, 7) is 5.34. The summed E-state index contributed by atoms with van der Waals surface area (Å²) in [5.41, 5.74) is 0.128. The lowest BCUT2D eigenvalue weighted by Gasteiger charge is -2.29. The highest BCUT2D eigenvalue weighted by Gasteiger charge is 2.33. The van der Waals surface area contributed by atoms with Crippen LogP contribution in [0.4, 0.5) is 5.69 Å². The standard InChI is InChI=1S/C16H24N2O6S/c1-16(2,3)13(18-25(5,22)23)14(19)17-12-7-10(9-24-4)6-11(8-12)15(20)21/h6-8,13,18H,9H2,1-5H3,(H,17,19)(H,20,21). The Bertz CT molecular complexity index is 752. The summed E-state index contributed by atoms with van der Waals surface area (Å²) in [4.78, 5) is 23.8. The minimum Gasteiger partial charge on any atom is -0.478 e. The van der Waals surface area contributed by atoms with Gasteiger partial charge in [-0.25, -0.2) is 17.9 Å². The molecular weight excluding hydrogens is 348 g/mol. The van der Waals surface area contributed by atoms with E-state index in [0.717, 1.165) is 6.26 Å². The van der Waals surface area contributed by atoms with Crippen LogP contribution in [-0.4, -0.2) is 44.8 Å². The van der Waals surface area contributed by atoms with E-state index in [0.29, 0.717) is 5.56 Å². The molecule has 1 unspecified atom stereocenters. The van der Waals surface area contributed by atoms with Crippen molar-refractivity contribution in [2.75, 3.05) is 18.7 Å². The van der Waals surface area contributed by atoms with Crippen molar-refractivity contribution in [2.24, 2.45) is 5.41 Å². The molecule has 0 radical (unpaired) electrons. The molecule has 3 N–H and O–H groups in total. The fraction of sp³-hybridized carbons (Fsp3) is 0.500. The highest BCUT2D eigenvalue weighted by molar-refractivity contribution is 7.88. The monoisotopic (exact) mass is 372 g/mol. The number of aromatic carboxylic acids is 1. The van der Waals surface area contributed by atoms with Gasteiger partial charge in [0.25, 0.3) is 0 Å². The first-order valence-corrected chi connectivity index (χ1v) is 9.37. The average Bonchev–Trinajstić information content (AvgIpc) is 2.42. The van der Waals surface area contributed by atoms with Crippen LogP contribution in [0.25, 0.3) is 0 Å². The summed E-state index contributed by atoms with van der Waals surface area (Å²) >= 11 is 0. The van der Waals surface area contributed by atoms with Gasteiger partial charge >= 0.3 is 5.97 Å². The summed E-state index contributed by atoms with van der Waals surface area (Å²) < 4.78 is 30.4. The number of ether oxygens (including phenoxy) is 1. The SMILES string of the molecule is COCc1cc(NC(=O)C(NS(C)(=O)=O)C(C)(C)C)cc(C(=O)O)c1. The zero-order valence-electron chi connectivity index (χ0n) is 14.9. The third-order valence-corrected chi connectivity index (χ3v) is 3.94. The predicted octanol–water partition coefficient (Wildman–Crippen LogP) is 1.43. The summed E-state index contributed by atoms with van der Waals surface area (Å²) in [5.74, 6) is -1.72. The highest BCUT2D eigenvalue weighted by Crippen LogP contribution is 2.23. The lowest BCUT2D eigenvalue weighted by Crippen LogP contribution is -2.51. The number of methoxy groups -OCH3 is 1. The molecule has 9 heteroatoms. The van der Waals surface area contributed by atoms with Crippen LogP contribution in [-0.2, 0) is 26.2 Å². The minimum absolute atomic E-state index is 0.00627. The van der Waals surface area contributed by atoms with Gasteiger partial charge in [0.1, 0.15) is 6.04 Å². The van der Waals surface area contributed by atoms with Crippen LogP contribution in [0.5, 0.6) is 0 Å². The maximum atomic E-state index is 12.6. The second-order valence-corrected chi connectivity index (χ2v) is 8.62. The van der Waals surface area contributed by atoms with Crippen molar-refractivity contribution in [1.82, 2.24) is 4.72 Å². The Kier molecular flexibility index (Phi) is 6.69. The third kappa shape index (κ3) is 6.81. The number of benzene rings is 1. The topological polar surface area (TPSA) is 122 Å². The lowest BCUT2D eigenvalue weighted by molar-refractivity contribution is -0.119. The van der Waals surface area contributed by atoms with Gasteiger partial charge in [-0.1, -0.05) is 20.8 Å². The summed E-state index contributed by atoms with van der Waals surface area (Å²) in [6.07, 6.45) is 0.973. The van der Waals surface area contributed by atoms with E-state index in [9.17, 15) is 23.1 Å². The van der Waals surface area contributed by atoms with Crippen molar-refractivity contribution < 1.29 is 27.9 Å². The molecule has 25 heavy (non-hydrogen) atoms. The van der Waals surface area contributed by atoms with Gasteiger partial charge in [0, 0.05) is 12.8 Å². The van der Waals surface area contributed by atoms with E-state index in [1.807, 2.05) is 0 Å². The first kappa shape index (κ1) is 21.1. The Labute approximate surface area is 147 Å². The Morgan fingerprint density at radius 3 is 2.28 bits per heavy atom. The fourth-order valence-electron chi connectivity index (χ4n) is 2.19. The van der Waals surface area contributed by atoms with Crippen LogP contribution in [0.3, 0.4) is 0 Å². The molecule has 1 atom stereocenters. The number of rotatable bonds is 7. The van der Waals surface area contributed by atoms with E-state index >= 15 is 0 Å². The van der Waals surface area contributed by atoms with Gasteiger partial charge in [0.2, 0.25) is 15.9 Å².